The van der Waals surface area contributed by atoms with Crippen molar-refractivity contribution in [3.63, 3.8) is 0 Å². The van der Waals surface area contributed by atoms with Crippen molar-refractivity contribution in [3.8, 4) is 5.75 Å². The molecule has 3 aliphatic rings. The number of nitrogens with zero attached hydrogens (tertiary/aromatic N) is 4. The fourth-order valence-corrected chi connectivity index (χ4v) is 4.86. The zero-order valence-corrected chi connectivity index (χ0v) is 18.4. The first kappa shape index (κ1) is 21.3. The summed E-state index contributed by atoms with van der Waals surface area (Å²) in [5.74, 6) is 0.955. The summed E-state index contributed by atoms with van der Waals surface area (Å²) in [6.07, 6.45) is 8.75. The number of rotatable bonds is 6. The smallest absolute Gasteiger partial charge is 0.320 e. The van der Waals surface area contributed by atoms with Crippen molar-refractivity contribution >= 4 is 11.7 Å². The highest BCUT2D eigenvalue weighted by Crippen LogP contribution is 2.22. The molecule has 3 fully saturated rings. The first-order valence-electron chi connectivity index (χ1n) is 12.0. The highest BCUT2D eigenvalue weighted by atomic mass is 16.5. The number of benzene rings is 1. The van der Waals surface area contributed by atoms with E-state index < -0.39 is 0 Å². The number of amides is 2. The maximum atomic E-state index is 12.7. The van der Waals surface area contributed by atoms with E-state index in [0.717, 1.165) is 77.4 Å². The van der Waals surface area contributed by atoms with Crippen LogP contribution in [0.25, 0.3) is 0 Å². The summed E-state index contributed by atoms with van der Waals surface area (Å²) in [6.45, 7) is 9.72. The minimum absolute atomic E-state index is 0.239. The average Bonchev–Trinajstić information content (AvgIpc) is 2.83. The molecule has 0 N–H and O–H groups in total. The van der Waals surface area contributed by atoms with Crippen LogP contribution in [0, 0.1) is 0 Å². The number of hydrogen-bond acceptors (Lipinski definition) is 4. The topological polar surface area (TPSA) is 39.3 Å². The van der Waals surface area contributed by atoms with Gasteiger partial charge in [-0.3, -0.25) is 0 Å². The lowest BCUT2D eigenvalue weighted by Crippen LogP contribution is -2.53. The molecular weight excluding hydrogens is 376 g/mol. The molecule has 0 spiro atoms. The van der Waals surface area contributed by atoms with Crippen molar-refractivity contribution in [2.24, 2.45) is 0 Å². The lowest BCUT2D eigenvalue weighted by Gasteiger charge is -2.39. The van der Waals surface area contributed by atoms with Gasteiger partial charge in [0.05, 0.1) is 6.61 Å². The number of piperazine rings is 1. The molecule has 0 aromatic heterocycles. The van der Waals surface area contributed by atoms with E-state index >= 15 is 0 Å². The van der Waals surface area contributed by atoms with Crippen LogP contribution < -0.4 is 9.64 Å². The molecule has 0 radical (unpaired) electrons. The number of piperidine rings is 2. The molecule has 0 saturated carbocycles. The maximum Gasteiger partial charge on any atom is 0.320 e. The van der Waals surface area contributed by atoms with Crippen molar-refractivity contribution in [1.82, 2.24) is 14.7 Å². The van der Waals surface area contributed by atoms with Crippen molar-refractivity contribution < 1.29 is 9.53 Å². The second-order valence-corrected chi connectivity index (χ2v) is 8.90. The number of likely N-dealkylation sites (tertiary alicyclic amines) is 2. The molecule has 1 aromatic carbocycles. The van der Waals surface area contributed by atoms with Crippen LogP contribution >= 0.6 is 0 Å². The number of anilines is 1. The summed E-state index contributed by atoms with van der Waals surface area (Å²) >= 11 is 0. The highest BCUT2D eigenvalue weighted by Gasteiger charge is 2.26. The molecule has 0 aliphatic carbocycles. The Morgan fingerprint density at radius 1 is 0.733 bits per heavy atom. The molecule has 0 unspecified atom stereocenters. The Labute approximate surface area is 181 Å². The van der Waals surface area contributed by atoms with Crippen molar-refractivity contribution in [2.75, 3.05) is 70.4 Å². The van der Waals surface area contributed by atoms with Gasteiger partial charge in [-0.15, -0.1) is 0 Å². The molecule has 0 atom stereocenters. The summed E-state index contributed by atoms with van der Waals surface area (Å²) in [7, 11) is 0. The predicted molar refractivity (Wildman–Crippen MR) is 121 cm³/mol. The van der Waals surface area contributed by atoms with Gasteiger partial charge in [0.15, 0.2) is 0 Å². The van der Waals surface area contributed by atoms with Crippen LogP contribution in [0.5, 0.6) is 5.75 Å². The molecule has 4 rings (SSSR count). The zero-order valence-electron chi connectivity index (χ0n) is 18.4. The van der Waals surface area contributed by atoms with Gasteiger partial charge in [0.1, 0.15) is 5.75 Å². The monoisotopic (exact) mass is 414 g/mol. The van der Waals surface area contributed by atoms with Crippen LogP contribution in [-0.2, 0) is 0 Å². The summed E-state index contributed by atoms with van der Waals surface area (Å²) < 4.78 is 5.95. The quantitative estimate of drug-likeness (QED) is 0.666. The van der Waals surface area contributed by atoms with Gasteiger partial charge in [0, 0.05) is 51.5 Å². The third kappa shape index (κ3) is 5.81. The third-order valence-electron chi connectivity index (χ3n) is 6.71. The average molecular weight is 415 g/mol. The number of carbonyl (C=O) groups excluding carboxylic acids is 1. The first-order valence-corrected chi connectivity index (χ1v) is 12.0. The summed E-state index contributed by atoms with van der Waals surface area (Å²) in [5, 5.41) is 0. The number of ether oxygens (including phenoxy) is 1. The Morgan fingerprint density at radius 3 is 2.00 bits per heavy atom. The lowest BCUT2D eigenvalue weighted by atomic mass is 10.1. The van der Waals surface area contributed by atoms with Gasteiger partial charge in [0.2, 0.25) is 0 Å². The molecule has 166 valence electrons. The molecule has 6 nitrogen and oxygen atoms in total. The Morgan fingerprint density at radius 2 is 1.33 bits per heavy atom. The van der Waals surface area contributed by atoms with Crippen LogP contribution in [0.4, 0.5) is 10.5 Å². The Kier molecular flexibility index (Phi) is 7.73. The van der Waals surface area contributed by atoms with Crippen LogP contribution in [0.1, 0.15) is 44.9 Å². The Bertz CT molecular complexity index is 646. The van der Waals surface area contributed by atoms with E-state index in [2.05, 4.69) is 34.1 Å². The van der Waals surface area contributed by atoms with Crippen LogP contribution in [0.3, 0.4) is 0 Å². The van der Waals surface area contributed by atoms with E-state index in [1.165, 1.54) is 44.5 Å². The van der Waals surface area contributed by atoms with Crippen LogP contribution in [0.2, 0.25) is 0 Å². The largest absolute Gasteiger partial charge is 0.494 e. The number of carbonyl (C=O) groups is 1. The summed E-state index contributed by atoms with van der Waals surface area (Å²) in [6, 6.07) is 8.72. The molecule has 3 heterocycles. The Hall–Kier alpha value is -1.95. The molecule has 3 saturated heterocycles. The Balaban J connectivity index is 1.17. The highest BCUT2D eigenvalue weighted by molar-refractivity contribution is 5.75. The standard InChI is InChI=1S/C24H38N4O2/c29-24(27-15-5-2-6-16-27)28-19-17-26(18-20-28)22-8-10-23(11-9-22)30-21-7-14-25-12-3-1-4-13-25/h8-11H,1-7,12-21H2. The number of hydrogen-bond donors (Lipinski definition) is 0. The van der Waals surface area contributed by atoms with Crippen molar-refractivity contribution in [2.45, 2.75) is 44.9 Å². The maximum absolute atomic E-state index is 12.7. The van der Waals surface area contributed by atoms with E-state index in [9.17, 15) is 4.79 Å². The van der Waals surface area contributed by atoms with E-state index in [1.54, 1.807) is 0 Å². The van der Waals surface area contributed by atoms with Gasteiger partial charge in [-0.25, -0.2) is 4.79 Å². The summed E-state index contributed by atoms with van der Waals surface area (Å²) in [4.78, 5) is 21.7. The zero-order chi connectivity index (χ0) is 20.6. The van der Waals surface area contributed by atoms with Gasteiger partial charge >= 0.3 is 6.03 Å². The van der Waals surface area contributed by atoms with E-state index in [-0.39, 0.29) is 6.03 Å². The summed E-state index contributed by atoms with van der Waals surface area (Å²) in [5.41, 5.74) is 1.22. The molecule has 6 heteroatoms. The minimum Gasteiger partial charge on any atom is -0.494 e. The van der Waals surface area contributed by atoms with Crippen molar-refractivity contribution in [1.29, 1.82) is 0 Å². The van der Waals surface area contributed by atoms with Gasteiger partial charge in [-0.05, 0) is 75.9 Å². The van der Waals surface area contributed by atoms with Gasteiger partial charge in [0.25, 0.3) is 0 Å². The molecular formula is C24H38N4O2. The molecule has 3 aliphatic heterocycles. The molecule has 2 amide bonds. The van der Waals surface area contributed by atoms with Gasteiger partial charge in [-0.1, -0.05) is 6.42 Å². The van der Waals surface area contributed by atoms with E-state index in [4.69, 9.17) is 4.74 Å². The minimum atomic E-state index is 0.239. The SMILES string of the molecule is O=C(N1CCCCC1)N1CCN(c2ccc(OCCCN3CCCCC3)cc2)CC1. The normalized spacial score (nSPS) is 21.0. The molecule has 1 aromatic rings. The fourth-order valence-electron chi connectivity index (χ4n) is 4.86. The van der Waals surface area contributed by atoms with Crippen LogP contribution in [-0.4, -0.2) is 86.2 Å². The van der Waals surface area contributed by atoms with Crippen molar-refractivity contribution in [3.05, 3.63) is 24.3 Å². The van der Waals surface area contributed by atoms with Crippen LogP contribution in [0.15, 0.2) is 24.3 Å². The fraction of sp³-hybridized carbons (Fsp3) is 0.708. The second-order valence-electron chi connectivity index (χ2n) is 8.90. The van der Waals surface area contributed by atoms with E-state index in [1.807, 2.05) is 9.80 Å². The molecule has 30 heavy (non-hydrogen) atoms. The second kappa shape index (κ2) is 10.9. The first-order chi connectivity index (χ1) is 14.8. The van der Waals surface area contributed by atoms with Gasteiger partial charge in [-0.2, -0.15) is 0 Å². The van der Waals surface area contributed by atoms with E-state index in [0.29, 0.717) is 0 Å². The third-order valence-corrected chi connectivity index (χ3v) is 6.71. The predicted octanol–water partition coefficient (Wildman–Crippen LogP) is 3.67. The van der Waals surface area contributed by atoms with Gasteiger partial charge < -0.3 is 24.3 Å². The molecule has 0 bridgehead atoms. The number of urea groups is 1. The lowest BCUT2D eigenvalue weighted by molar-refractivity contribution is 0.141.